The number of halogens is 3. The molecule has 0 radical (unpaired) electrons. The van der Waals surface area contributed by atoms with Gasteiger partial charge in [0.25, 0.3) is 5.88 Å². The normalized spacial score (nSPS) is 10.2. The second-order valence-corrected chi connectivity index (χ2v) is 3.68. The van der Waals surface area contributed by atoms with Gasteiger partial charge in [0.1, 0.15) is 11.6 Å². The van der Waals surface area contributed by atoms with Gasteiger partial charge in [-0.3, -0.25) is 0 Å². The molecule has 0 unspecified atom stereocenters. The molecule has 1 aromatic carbocycles. The summed E-state index contributed by atoms with van der Waals surface area (Å²) in [5, 5.41) is 2.53. The summed E-state index contributed by atoms with van der Waals surface area (Å²) < 4.78 is 31.5. The van der Waals surface area contributed by atoms with Crippen LogP contribution in [0.25, 0.3) is 0 Å². The minimum absolute atomic E-state index is 0.115. The molecule has 4 nitrogen and oxygen atoms in total. The second-order valence-electron chi connectivity index (χ2n) is 3.27. The summed E-state index contributed by atoms with van der Waals surface area (Å²) in [6.07, 6.45) is 0.972. The molecule has 0 fully saturated rings. The first-order valence-corrected chi connectivity index (χ1v) is 5.31. The molecule has 2 rings (SSSR count). The lowest BCUT2D eigenvalue weighted by Gasteiger charge is -2.07. The SMILES string of the molecule is CNc1ncc(F)c(Oc2ccc(F)c(Cl)c2)n1. The van der Waals surface area contributed by atoms with Crippen LogP contribution < -0.4 is 10.1 Å². The van der Waals surface area contributed by atoms with Crippen molar-refractivity contribution in [2.75, 3.05) is 12.4 Å². The van der Waals surface area contributed by atoms with E-state index in [-0.39, 0.29) is 22.6 Å². The zero-order valence-corrected chi connectivity index (χ0v) is 10.0. The Morgan fingerprint density at radius 2 is 2.06 bits per heavy atom. The van der Waals surface area contributed by atoms with Crippen LogP contribution >= 0.6 is 11.6 Å². The van der Waals surface area contributed by atoms with Crippen LogP contribution in [0.3, 0.4) is 0 Å². The number of anilines is 1. The van der Waals surface area contributed by atoms with Crippen LogP contribution in [0.15, 0.2) is 24.4 Å². The molecule has 0 saturated carbocycles. The van der Waals surface area contributed by atoms with E-state index in [2.05, 4.69) is 15.3 Å². The zero-order valence-electron chi connectivity index (χ0n) is 9.25. The molecule has 7 heteroatoms. The maximum Gasteiger partial charge on any atom is 0.260 e. The minimum atomic E-state index is -0.727. The van der Waals surface area contributed by atoms with Gasteiger partial charge in [-0.25, -0.2) is 9.37 Å². The summed E-state index contributed by atoms with van der Waals surface area (Å²) in [4.78, 5) is 7.45. The van der Waals surface area contributed by atoms with Gasteiger partial charge in [0, 0.05) is 13.1 Å². The lowest BCUT2D eigenvalue weighted by molar-refractivity contribution is 0.420. The van der Waals surface area contributed by atoms with Crippen molar-refractivity contribution >= 4 is 17.5 Å². The fraction of sp³-hybridized carbons (Fsp3) is 0.0909. The molecule has 0 spiro atoms. The third-order valence-corrected chi connectivity index (χ3v) is 2.33. The van der Waals surface area contributed by atoms with Gasteiger partial charge in [0.05, 0.1) is 11.2 Å². The van der Waals surface area contributed by atoms with Crippen molar-refractivity contribution in [2.45, 2.75) is 0 Å². The minimum Gasteiger partial charge on any atom is -0.436 e. The van der Waals surface area contributed by atoms with Gasteiger partial charge in [0.15, 0.2) is 0 Å². The first-order chi connectivity index (χ1) is 8.60. The van der Waals surface area contributed by atoms with Crippen molar-refractivity contribution in [3.05, 3.63) is 41.1 Å². The van der Waals surface area contributed by atoms with Crippen LogP contribution in [0.4, 0.5) is 14.7 Å². The molecular weight excluding hydrogens is 264 g/mol. The first kappa shape index (κ1) is 12.5. The Balaban J connectivity index is 2.30. The van der Waals surface area contributed by atoms with E-state index in [9.17, 15) is 8.78 Å². The Labute approximate surface area is 107 Å². The Hall–Kier alpha value is -1.95. The van der Waals surface area contributed by atoms with Crippen LogP contribution in [0, 0.1) is 11.6 Å². The maximum absolute atomic E-state index is 13.4. The molecular formula is C11H8ClF2N3O. The van der Waals surface area contributed by atoms with Gasteiger partial charge in [-0.2, -0.15) is 9.37 Å². The van der Waals surface area contributed by atoms with E-state index < -0.39 is 11.6 Å². The van der Waals surface area contributed by atoms with Crippen molar-refractivity contribution in [2.24, 2.45) is 0 Å². The predicted octanol–water partition coefficient (Wildman–Crippen LogP) is 3.24. The summed E-state index contributed by atoms with van der Waals surface area (Å²) in [6.45, 7) is 0. The van der Waals surface area contributed by atoms with Gasteiger partial charge < -0.3 is 10.1 Å². The fourth-order valence-corrected chi connectivity index (χ4v) is 1.37. The molecule has 94 valence electrons. The Morgan fingerprint density at radius 3 is 2.72 bits per heavy atom. The number of nitrogens with zero attached hydrogens (tertiary/aromatic N) is 2. The summed E-state index contributed by atoms with van der Waals surface area (Å²) in [7, 11) is 1.59. The van der Waals surface area contributed by atoms with E-state index in [4.69, 9.17) is 16.3 Å². The van der Waals surface area contributed by atoms with E-state index in [1.807, 2.05) is 0 Å². The number of nitrogens with one attached hydrogen (secondary N) is 1. The molecule has 0 saturated heterocycles. The largest absolute Gasteiger partial charge is 0.436 e. The third kappa shape index (κ3) is 2.65. The predicted molar refractivity (Wildman–Crippen MR) is 63.0 cm³/mol. The molecule has 0 aliphatic rings. The van der Waals surface area contributed by atoms with E-state index in [1.54, 1.807) is 7.05 Å². The molecule has 0 bridgehead atoms. The van der Waals surface area contributed by atoms with Crippen LogP contribution in [0.2, 0.25) is 5.02 Å². The quantitative estimate of drug-likeness (QED) is 0.931. The van der Waals surface area contributed by atoms with Crippen molar-refractivity contribution in [1.82, 2.24) is 9.97 Å². The zero-order chi connectivity index (χ0) is 13.1. The Morgan fingerprint density at radius 1 is 1.28 bits per heavy atom. The summed E-state index contributed by atoms with van der Waals surface area (Å²) >= 11 is 5.58. The molecule has 1 aromatic heterocycles. The first-order valence-electron chi connectivity index (χ1n) is 4.93. The fourth-order valence-electron chi connectivity index (χ4n) is 1.20. The molecule has 1 heterocycles. The van der Waals surface area contributed by atoms with Crippen LogP contribution in [0.5, 0.6) is 11.6 Å². The monoisotopic (exact) mass is 271 g/mol. The standard InChI is InChI=1S/C11H8ClF2N3O/c1-15-11-16-5-9(14)10(17-11)18-6-2-3-8(13)7(12)4-6/h2-5H,1H3,(H,15,16,17). The molecule has 0 aliphatic carbocycles. The Kier molecular flexibility index (Phi) is 3.57. The number of rotatable bonds is 3. The average Bonchev–Trinajstić information content (AvgIpc) is 2.36. The number of benzene rings is 1. The number of ether oxygens (including phenoxy) is 1. The molecule has 18 heavy (non-hydrogen) atoms. The number of hydrogen-bond donors (Lipinski definition) is 1. The highest BCUT2D eigenvalue weighted by molar-refractivity contribution is 6.30. The Bertz CT molecular complexity index is 580. The second kappa shape index (κ2) is 5.14. The van der Waals surface area contributed by atoms with Gasteiger partial charge in [-0.05, 0) is 12.1 Å². The number of aromatic nitrogens is 2. The average molecular weight is 272 g/mol. The van der Waals surface area contributed by atoms with E-state index in [0.29, 0.717) is 0 Å². The van der Waals surface area contributed by atoms with Crippen molar-refractivity contribution < 1.29 is 13.5 Å². The lowest BCUT2D eigenvalue weighted by Crippen LogP contribution is -2.00. The van der Waals surface area contributed by atoms with Gasteiger partial charge in [-0.1, -0.05) is 11.6 Å². The van der Waals surface area contributed by atoms with Crippen molar-refractivity contribution in [3.63, 3.8) is 0 Å². The highest BCUT2D eigenvalue weighted by Gasteiger charge is 2.10. The van der Waals surface area contributed by atoms with Crippen LogP contribution in [-0.4, -0.2) is 17.0 Å². The summed E-state index contributed by atoms with van der Waals surface area (Å²) in [5.74, 6) is -1.18. The van der Waals surface area contributed by atoms with Crippen LogP contribution in [0.1, 0.15) is 0 Å². The topological polar surface area (TPSA) is 47.0 Å². The molecule has 0 amide bonds. The van der Waals surface area contributed by atoms with Crippen molar-refractivity contribution in [1.29, 1.82) is 0 Å². The molecule has 2 aromatic rings. The molecule has 0 aliphatic heterocycles. The van der Waals surface area contributed by atoms with E-state index in [1.165, 1.54) is 12.1 Å². The van der Waals surface area contributed by atoms with Gasteiger partial charge in [-0.15, -0.1) is 0 Å². The summed E-state index contributed by atoms with van der Waals surface area (Å²) in [6, 6.07) is 3.68. The van der Waals surface area contributed by atoms with Crippen molar-refractivity contribution in [3.8, 4) is 11.6 Å². The van der Waals surface area contributed by atoms with Gasteiger partial charge >= 0.3 is 0 Å². The summed E-state index contributed by atoms with van der Waals surface area (Å²) in [5.41, 5.74) is 0. The number of hydrogen-bond acceptors (Lipinski definition) is 4. The third-order valence-electron chi connectivity index (χ3n) is 2.04. The van der Waals surface area contributed by atoms with E-state index >= 15 is 0 Å². The lowest BCUT2D eigenvalue weighted by atomic mass is 10.3. The molecule has 0 atom stereocenters. The van der Waals surface area contributed by atoms with Gasteiger partial charge in [0.2, 0.25) is 11.8 Å². The molecule has 1 N–H and O–H groups in total. The van der Waals surface area contributed by atoms with E-state index in [0.717, 1.165) is 12.3 Å². The maximum atomic E-state index is 13.4. The highest BCUT2D eigenvalue weighted by atomic mass is 35.5. The smallest absolute Gasteiger partial charge is 0.260 e. The van der Waals surface area contributed by atoms with Crippen LogP contribution in [-0.2, 0) is 0 Å². The highest BCUT2D eigenvalue weighted by Crippen LogP contribution is 2.26.